The summed E-state index contributed by atoms with van der Waals surface area (Å²) in [5.74, 6) is -1.88. The van der Waals surface area contributed by atoms with Crippen molar-refractivity contribution in [3.8, 4) is 0 Å². The summed E-state index contributed by atoms with van der Waals surface area (Å²) in [5.41, 5.74) is 0. The molecule has 0 spiro atoms. The zero-order valence-electron chi connectivity index (χ0n) is 36.9. The molecule has 0 N–H and O–H groups in total. The average molecular weight is 797 g/mol. The second kappa shape index (κ2) is 44.2. The number of hydrogen-bond donors (Lipinski definition) is 0. The fraction of sp³-hybridized carbons (Fsp3) is 0.792. The van der Waals surface area contributed by atoms with Crippen LogP contribution >= 0.6 is 0 Å². The van der Waals surface area contributed by atoms with Gasteiger partial charge >= 0.3 is 37.7 Å². The summed E-state index contributed by atoms with van der Waals surface area (Å²) in [6.45, 7) is 24.0. The van der Waals surface area contributed by atoms with Crippen molar-refractivity contribution in [2.24, 2.45) is 0 Å². The molecule has 0 saturated heterocycles. The molecule has 0 fully saturated rings. The summed E-state index contributed by atoms with van der Waals surface area (Å²) in [6, 6.07) is 1.42. The molecule has 0 bridgehead atoms. The molecule has 0 aromatic carbocycles. The maximum absolute atomic E-state index is 11.4. The molecular formula is C48H88CaN2O4. The number of allylic oxidation sites excluding steroid dienone is 4. The first-order chi connectivity index (χ1) is 26.2. The monoisotopic (exact) mass is 797 g/mol. The molecule has 4 unspecified atom stereocenters. The fourth-order valence-electron chi connectivity index (χ4n) is 7.92. The second-order valence-corrected chi connectivity index (χ2v) is 15.5. The van der Waals surface area contributed by atoms with Gasteiger partial charge in [0.05, 0.1) is 11.9 Å². The van der Waals surface area contributed by atoms with Gasteiger partial charge in [-0.15, -0.1) is 26.3 Å². The Kier molecular flexibility index (Phi) is 46.9. The van der Waals surface area contributed by atoms with Gasteiger partial charge in [0.15, 0.2) is 0 Å². The van der Waals surface area contributed by atoms with Gasteiger partial charge in [0.2, 0.25) is 0 Å². The summed E-state index contributed by atoms with van der Waals surface area (Å²) >= 11 is 0. The first-order valence-corrected chi connectivity index (χ1v) is 22.5. The van der Waals surface area contributed by atoms with Crippen LogP contribution in [0.5, 0.6) is 0 Å². The van der Waals surface area contributed by atoms with E-state index in [1.54, 1.807) is 0 Å². The molecule has 0 aliphatic rings. The van der Waals surface area contributed by atoms with E-state index in [0.717, 1.165) is 77.0 Å². The molecule has 7 heteroatoms. The molecule has 0 heterocycles. The number of hydrogen-bond acceptors (Lipinski definition) is 6. The van der Waals surface area contributed by atoms with E-state index in [1.165, 1.54) is 103 Å². The van der Waals surface area contributed by atoms with Crippen molar-refractivity contribution < 1.29 is 19.8 Å². The minimum Gasteiger partial charge on any atom is -0.549 e. The Hall–Kier alpha value is -0.920. The van der Waals surface area contributed by atoms with Gasteiger partial charge in [-0.1, -0.05) is 129 Å². The number of nitrogens with zero attached hydrogens (tertiary/aromatic N) is 2. The van der Waals surface area contributed by atoms with Gasteiger partial charge in [-0.2, -0.15) is 0 Å². The Bertz CT molecular complexity index is 784. The van der Waals surface area contributed by atoms with Crippen LogP contribution in [-0.4, -0.2) is 96.7 Å². The largest absolute Gasteiger partial charge is 2.00 e. The zero-order valence-corrected chi connectivity index (χ0v) is 39.1. The summed E-state index contributed by atoms with van der Waals surface area (Å²) in [5, 5.41) is 22.8. The Morgan fingerprint density at radius 3 is 0.782 bits per heavy atom. The van der Waals surface area contributed by atoms with Crippen molar-refractivity contribution in [3.63, 3.8) is 0 Å². The Morgan fingerprint density at radius 2 is 0.618 bits per heavy atom. The molecule has 0 rings (SSSR count). The minimum atomic E-state index is -0.941. The van der Waals surface area contributed by atoms with Crippen LogP contribution in [0.1, 0.15) is 207 Å². The van der Waals surface area contributed by atoms with Gasteiger partial charge in [-0.05, 0) is 103 Å². The topological polar surface area (TPSA) is 86.7 Å². The third kappa shape index (κ3) is 34.8. The normalized spacial score (nSPS) is 13.2. The molecule has 316 valence electrons. The molecule has 0 aromatic heterocycles. The second-order valence-electron chi connectivity index (χ2n) is 15.5. The van der Waals surface area contributed by atoms with Crippen LogP contribution in [0.2, 0.25) is 0 Å². The Labute approximate surface area is 372 Å². The first kappa shape index (κ1) is 58.4. The fourth-order valence-corrected chi connectivity index (χ4v) is 7.92. The van der Waals surface area contributed by atoms with Gasteiger partial charge in [0.25, 0.3) is 0 Å². The zero-order chi connectivity index (χ0) is 40.7. The Morgan fingerprint density at radius 1 is 0.418 bits per heavy atom. The standard InChI is InChI=1S/2C24H45NO2.Ca/c2*1-5-9-11-13-15-17-19-22(7-3)25(21-24(26)27)23(8-4)20-18-16-14-12-10-6-2;/h2*5-6,22-23H,1-2,7-21H2,3-4H3,(H,26,27);/q;;+2/p-2. The van der Waals surface area contributed by atoms with Crippen LogP contribution in [0.4, 0.5) is 0 Å². The predicted molar refractivity (Wildman–Crippen MR) is 237 cm³/mol. The van der Waals surface area contributed by atoms with Gasteiger partial charge in [0, 0.05) is 37.3 Å². The SMILES string of the molecule is C=CCCCCCCC(CC)N(CC(=O)[O-])C(CC)CCCCCCC=C.C=CCCCCCCC(CC)N(CC(=O)[O-])C(CC)CCCCCCC=C.[Ca+2]. The number of carboxylic acid groups (broad SMARTS) is 2. The van der Waals surface area contributed by atoms with Crippen molar-refractivity contribution in [2.75, 3.05) is 13.1 Å². The third-order valence-electron chi connectivity index (χ3n) is 11.2. The van der Waals surface area contributed by atoms with E-state index in [0.29, 0.717) is 24.2 Å². The smallest absolute Gasteiger partial charge is 0.549 e. The van der Waals surface area contributed by atoms with Gasteiger partial charge < -0.3 is 19.8 Å². The van der Waals surface area contributed by atoms with Gasteiger partial charge in [-0.3, -0.25) is 9.80 Å². The molecule has 55 heavy (non-hydrogen) atoms. The van der Waals surface area contributed by atoms with Crippen molar-refractivity contribution in [2.45, 2.75) is 232 Å². The van der Waals surface area contributed by atoms with Crippen LogP contribution in [0, 0.1) is 0 Å². The molecule has 0 aliphatic heterocycles. The minimum absolute atomic E-state index is 0. The molecule has 0 radical (unpaired) electrons. The number of carbonyl (C=O) groups excluding carboxylic acids is 2. The van der Waals surface area contributed by atoms with E-state index in [2.05, 4.69) is 63.8 Å². The molecule has 0 amide bonds. The van der Waals surface area contributed by atoms with E-state index < -0.39 is 11.9 Å². The first-order valence-electron chi connectivity index (χ1n) is 22.5. The molecule has 0 aliphatic carbocycles. The molecular weight excluding hydrogens is 709 g/mol. The van der Waals surface area contributed by atoms with Crippen LogP contribution in [0.3, 0.4) is 0 Å². The summed E-state index contributed by atoms with van der Waals surface area (Å²) in [4.78, 5) is 27.2. The van der Waals surface area contributed by atoms with Crippen molar-refractivity contribution >= 4 is 49.7 Å². The molecule has 0 saturated carbocycles. The van der Waals surface area contributed by atoms with E-state index in [9.17, 15) is 19.8 Å². The maximum Gasteiger partial charge on any atom is 2.00 e. The van der Waals surface area contributed by atoms with Gasteiger partial charge in [0.1, 0.15) is 0 Å². The number of rotatable bonds is 40. The van der Waals surface area contributed by atoms with E-state index >= 15 is 0 Å². The van der Waals surface area contributed by atoms with E-state index in [4.69, 9.17) is 0 Å². The van der Waals surface area contributed by atoms with E-state index in [1.807, 2.05) is 24.3 Å². The molecule has 6 nitrogen and oxygen atoms in total. The third-order valence-corrected chi connectivity index (χ3v) is 11.2. The number of carbonyl (C=O) groups is 2. The van der Waals surface area contributed by atoms with Crippen LogP contribution < -0.4 is 10.2 Å². The maximum atomic E-state index is 11.4. The predicted octanol–water partition coefficient (Wildman–Crippen LogP) is 10.9. The number of aliphatic carboxylic acids is 2. The van der Waals surface area contributed by atoms with Crippen molar-refractivity contribution in [1.29, 1.82) is 0 Å². The van der Waals surface area contributed by atoms with Crippen molar-refractivity contribution in [3.05, 3.63) is 50.6 Å². The Balaban J connectivity index is -0.000000966. The molecule has 0 aromatic rings. The van der Waals surface area contributed by atoms with Gasteiger partial charge in [-0.25, -0.2) is 0 Å². The summed E-state index contributed by atoms with van der Waals surface area (Å²) < 4.78 is 0. The number of unbranched alkanes of at least 4 members (excludes halogenated alkanes) is 16. The van der Waals surface area contributed by atoms with Crippen LogP contribution in [0.15, 0.2) is 50.6 Å². The summed E-state index contributed by atoms with van der Waals surface area (Å²) in [6.07, 6.45) is 40.2. The van der Waals surface area contributed by atoms with Crippen LogP contribution in [-0.2, 0) is 9.59 Å². The molecule has 4 atom stereocenters. The average Bonchev–Trinajstić information content (AvgIpc) is 3.16. The summed E-state index contributed by atoms with van der Waals surface area (Å²) in [7, 11) is 0. The van der Waals surface area contributed by atoms with Crippen molar-refractivity contribution in [1.82, 2.24) is 9.80 Å². The number of carboxylic acids is 2. The quantitative estimate of drug-likeness (QED) is 0.0349. The van der Waals surface area contributed by atoms with E-state index in [-0.39, 0.29) is 50.8 Å². The van der Waals surface area contributed by atoms with Crippen LogP contribution in [0.25, 0.3) is 0 Å².